The number of nitrogens with zero attached hydrogens (tertiary/aromatic N) is 3. The lowest BCUT2D eigenvalue weighted by atomic mass is 10.0. The zero-order valence-electron chi connectivity index (χ0n) is 16.1. The van der Waals surface area contributed by atoms with Crippen molar-refractivity contribution in [3.63, 3.8) is 0 Å². The largest absolute Gasteiger partial charge is 0.466 e. The normalized spacial score (nSPS) is 14.9. The van der Waals surface area contributed by atoms with Crippen LogP contribution in [0.25, 0.3) is 0 Å². The number of furan rings is 1. The Balaban J connectivity index is 0.00000364. The van der Waals surface area contributed by atoms with Crippen LogP contribution >= 0.6 is 24.0 Å². The first-order chi connectivity index (χ1) is 12.5. The van der Waals surface area contributed by atoms with Gasteiger partial charge in [0, 0.05) is 13.2 Å². The molecule has 2 aromatic rings. The number of hydrogen-bond donors (Lipinski definition) is 3. The van der Waals surface area contributed by atoms with Gasteiger partial charge in [-0.25, -0.2) is 4.99 Å². The summed E-state index contributed by atoms with van der Waals surface area (Å²) in [4.78, 5) is 8.68. The monoisotopic (exact) mass is 493 g/mol. The average molecular weight is 493 g/mol. The molecule has 0 amide bonds. The SMILES string of the molecule is CCNC(=NCc1nc(C(C)OCC)no1)NCC(C)(O)c1ccco1.I. The summed E-state index contributed by atoms with van der Waals surface area (Å²) in [6.45, 7) is 9.08. The molecule has 0 radical (unpaired) electrons. The Morgan fingerprint density at radius 3 is 2.81 bits per heavy atom. The van der Waals surface area contributed by atoms with E-state index in [9.17, 15) is 5.11 Å². The van der Waals surface area contributed by atoms with Gasteiger partial charge in [-0.1, -0.05) is 5.16 Å². The summed E-state index contributed by atoms with van der Waals surface area (Å²) in [5, 5.41) is 20.6. The Bertz CT molecular complexity index is 687. The van der Waals surface area contributed by atoms with Gasteiger partial charge >= 0.3 is 0 Å². The summed E-state index contributed by atoms with van der Waals surface area (Å²) < 4.78 is 15.9. The lowest BCUT2D eigenvalue weighted by molar-refractivity contribution is 0.0386. The Morgan fingerprint density at radius 2 is 2.19 bits per heavy atom. The predicted molar refractivity (Wildman–Crippen MR) is 111 cm³/mol. The zero-order chi connectivity index (χ0) is 19.0. The molecular formula is C17H28IN5O4. The number of ether oxygens (including phenoxy) is 1. The Kier molecular flexibility index (Phi) is 9.74. The van der Waals surface area contributed by atoms with Gasteiger partial charge in [0.25, 0.3) is 0 Å². The fourth-order valence-electron chi connectivity index (χ4n) is 2.24. The van der Waals surface area contributed by atoms with Crippen LogP contribution in [0, 0.1) is 0 Å². The Labute approximate surface area is 176 Å². The highest BCUT2D eigenvalue weighted by Crippen LogP contribution is 2.19. The Hall–Kier alpha value is -1.66. The maximum atomic E-state index is 10.5. The smallest absolute Gasteiger partial charge is 0.248 e. The van der Waals surface area contributed by atoms with E-state index < -0.39 is 5.60 Å². The van der Waals surface area contributed by atoms with E-state index in [1.54, 1.807) is 19.1 Å². The van der Waals surface area contributed by atoms with Crippen molar-refractivity contribution < 1.29 is 18.8 Å². The van der Waals surface area contributed by atoms with Gasteiger partial charge in [-0.2, -0.15) is 4.98 Å². The van der Waals surface area contributed by atoms with Crippen molar-refractivity contribution in [3.8, 4) is 0 Å². The molecule has 0 spiro atoms. The van der Waals surface area contributed by atoms with E-state index in [4.69, 9.17) is 13.7 Å². The van der Waals surface area contributed by atoms with Crippen molar-refractivity contribution in [3.05, 3.63) is 35.9 Å². The van der Waals surface area contributed by atoms with Crippen LogP contribution in [0.3, 0.4) is 0 Å². The molecule has 2 aromatic heterocycles. The predicted octanol–water partition coefficient (Wildman–Crippen LogP) is 2.34. The first-order valence-corrected chi connectivity index (χ1v) is 8.68. The molecule has 0 aromatic carbocycles. The highest BCUT2D eigenvalue weighted by atomic mass is 127. The van der Waals surface area contributed by atoms with Crippen LogP contribution in [0.4, 0.5) is 0 Å². The van der Waals surface area contributed by atoms with Crippen molar-refractivity contribution in [2.24, 2.45) is 4.99 Å². The molecule has 2 rings (SSSR count). The molecule has 10 heteroatoms. The van der Waals surface area contributed by atoms with Crippen molar-refractivity contribution in [1.82, 2.24) is 20.8 Å². The van der Waals surface area contributed by atoms with Crippen LogP contribution in [0.2, 0.25) is 0 Å². The van der Waals surface area contributed by atoms with Gasteiger partial charge in [0.2, 0.25) is 5.89 Å². The maximum Gasteiger partial charge on any atom is 0.248 e. The van der Waals surface area contributed by atoms with Crippen LogP contribution in [0.5, 0.6) is 0 Å². The molecule has 0 saturated heterocycles. The van der Waals surface area contributed by atoms with E-state index in [0.717, 1.165) is 0 Å². The number of rotatable bonds is 9. The third kappa shape index (κ3) is 7.11. The summed E-state index contributed by atoms with van der Waals surface area (Å²) in [6, 6.07) is 3.46. The summed E-state index contributed by atoms with van der Waals surface area (Å²) in [6.07, 6.45) is 1.30. The van der Waals surface area contributed by atoms with E-state index in [1.807, 2.05) is 20.8 Å². The lowest BCUT2D eigenvalue weighted by Crippen LogP contribution is -2.44. The number of halogens is 1. The molecule has 9 nitrogen and oxygen atoms in total. The molecule has 2 heterocycles. The van der Waals surface area contributed by atoms with Gasteiger partial charge in [0.1, 0.15) is 24.0 Å². The van der Waals surface area contributed by atoms with Gasteiger partial charge in [0.15, 0.2) is 11.8 Å². The lowest BCUT2D eigenvalue weighted by Gasteiger charge is -2.22. The third-order valence-corrected chi connectivity index (χ3v) is 3.63. The minimum absolute atomic E-state index is 0. The van der Waals surface area contributed by atoms with E-state index in [2.05, 4.69) is 25.8 Å². The van der Waals surface area contributed by atoms with E-state index in [-0.39, 0.29) is 43.2 Å². The molecule has 27 heavy (non-hydrogen) atoms. The standard InChI is InChI=1S/C17H27N5O4.HI/c1-5-18-16(20-11-17(4,23)13-8-7-9-25-13)19-10-14-21-15(22-26-14)12(3)24-6-2;/h7-9,12,23H,5-6,10-11H2,1-4H3,(H2,18,19,20);1H. The summed E-state index contributed by atoms with van der Waals surface area (Å²) in [5.41, 5.74) is -1.16. The number of guanidine groups is 1. The van der Waals surface area contributed by atoms with Gasteiger partial charge in [-0.05, 0) is 39.8 Å². The molecule has 2 atom stereocenters. The van der Waals surface area contributed by atoms with Gasteiger partial charge < -0.3 is 29.4 Å². The van der Waals surface area contributed by atoms with E-state index >= 15 is 0 Å². The topological polar surface area (TPSA) is 118 Å². The second kappa shape index (κ2) is 11.2. The Morgan fingerprint density at radius 1 is 1.41 bits per heavy atom. The highest BCUT2D eigenvalue weighted by molar-refractivity contribution is 14.0. The zero-order valence-corrected chi connectivity index (χ0v) is 18.4. The molecule has 0 aliphatic carbocycles. The third-order valence-electron chi connectivity index (χ3n) is 3.63. The second-order valence-corrected chi connectivity index (χ2v) is 5.94. The highest BCUT2D eigenvalue weighted by Gasteiger charge is 2.26. The molecule has 0 fully saturated rings. The second-order valence-electron chi connectivity index (χ2n) is 5.94. The molecule has 0 aliphatic heterocycles. The summed E-state index contributed by atoms with van der Waals surface area (Å²) >= 11 is 0. The molecule has 3 N–H and O–H groups in total. The van der Waals surface area contributed by atoms with Gasteiger partial charge in [-0.3, -0.25) is 0 Å². The fourth-order valence-corrected chi connectivity index (χ4v) is 2.24. The number of aliphatic imine (C=N–C) groups is 1. The number of nitrogens with one attached hydrogen (secondary N) is 2. The average Bonchev–Trinajstić information content (AvgIpc) is 3.29. The maximum absolute atomic E-state index is 10.5. The van der Waals surface area contributed by atoms with Crippen LogP contribution < -0.4 is 10.6 Å². The summed E-state index contributed by atoms with van der Waals surface area (Å²) in [5.74, 6) is 1.89. The van der Waals surface area contributed by atoms with Crippen LogP contribution in [0.15, 0.2) is 32.3 Å². The number of aliphatic hydroxyl groups is 1. The molecule has 0 bridgehead atoms. The van der Waals surface area contributed by atoms with E-state index in [1.165, 1.54) is 6.26 Å². The van der Waals surface area contributed by atoms with Crippen LogP contribution in [-0.4, -0.2) is 40.9 Å². The van der Waals surface area contributed by atoms with E-state index in [0.29, 0.717) is 36.6 Å². The summed E-state index contributed by atoms with van der Waals surface area (Å²) in [7, 11) is 0. The fraction of sp³-hybridized carbons (Fsp3) is 0.588. The molecule has 152 valence electrons. The van der Waals surface area contributed by atoms with Crippen molar-refractivity contribution >= 4 is 29.9 Å². The van der Waals surface area contributed by atoms with Gasteiger partial charge in [-0.15, -0.1) is 24.0 Å². The van der Waals surface area contributed by atoms with Crippen molar-refractivity contribution in [1.29, 1.82) is 0 Å². The minimum Gasteiger partial charge on any atom is -0.466 e. The van der Waals surface area contributed by atoms with Crippen LogP contribution in [0.1, 0.15) is 51.3 Å². The first kappa shape index (κ1) is 23.4. The van der Waals surface area contributed by atoms with Gasteiger partial charge in [0.05, 0.1) is 12.8 Å². The molecular weight excluding hydrogens is 465 g/mol. The number of hydrogen-bond acceptors (Lipinski definition) is 7. The van der Waals surface area contributed by atoms with Crippen LogP contribution in [-0.2, 0) is 16.9 Å². The molecule has 0 aliphatic rings. The quantitative estimate of drug-likeness (QED) is 0.277. The molecule has 0 saturated carbocycles. The first-order valence-electron chi connectivity index (χ1n) is 8.68. The number of aromatic nitrogens is 2. The molecule has 2 unspecified atom stereocenters. The van der Waals surface area contributed by atoms with Crippen molar-refractivity contribution in [2.75, 3.05) is 19.7 Å². The minimum atomic E-state index is -1.16. The van der Waals surface area contributed by atoms with Crippen molar-refractivity contribution in [2.45, 2.75) is 45.9 Å².